The molecule has 7 heteroatoms. The molecule has 3 aromatic rings. The minimum absolute atomic E-state index is 0.0786. The number of thioether (sulfide) groups is 1. The Kier molecular flexibility index (Phi) is 6.08. The van der Waals surface area contributed by atoms with Gasteiger partial charge in [0, 0.05) is 12.1 Å². The standard InChI is InChI=1S/C27H23N3O3S/c1-33-22-10-8-21(9-11-22)30-25(31)15-24(27(30)32)34-26-20(16-28)14-19-13-18(7-12-23(19)29-26)17-5-3-2-4-6-17/h2-6,8-11,14,18,24H,7,12-13,15H2,1H3/t18-,24-/m0/s1. The molecule has 1 saturated heterocycles. The van der Waals surface area contributed by atoms with E-state index in [1.54, 1.807) is 31.4 Å². The molecule has 34 heavy (non-hydrogen) atoms. The summed E-state index contributed by atoms with van der Waals surface area (Å²) in [4.78, 5) is 31.8. The predicted molar refractivity (Wildman–Crippen MR) is 130 cm³/mol. The second kappa shape index (κ2) is 9.32. The number of amides is 2. The van der Waals surface area contributed by atoms with Gasteiger partial charge >= 0.3 is 0 Å². The van der Waals surface area contributed by atoms with Crippen LogP contribution in [0.2, 0.25) is 0 Å². The third kappa shape index (κ3) is 4.17. The molecule has 0 bridgehead atoms. The highest BCUT2D eigenvalue weighted by Crippen LogP contribution is 2.38. The van der Waals surface area contributed by atoms with Crippen molar-refractivity contribution in [3.63, 3.8) is 0 Å². The SMILES string of the molecule is COc1ccc(N2C(=O)C[C@H](Sc3nc4c(cc3C#N)C[C@@H](c3ccccc3)CC4)C2=O)cc1. The number of aryl methyl sites for hydroxylation is 1. The number of aromatic nitrogens is 1. The fourth-order valence-corrected chi connectivity index (χ4v) is 5.75. The van der Waals surface area contributed by atoms with Gasteiger partial charge < -0.3 is 4.74 Å². The number of carbonyl (C=O) groups is 2. The van der Waals surface area contributed by atoms with Crippen LogP contribution in [0.15, 0.2) is 65.7 Å². The molecule has 2 atom stereocenters. The molecule has 2 aliphatic rings. The summed E-state index contributed by atoms with van der Waals surface area (Å²) in [7, 11) is 1.56. The van der Waals surface area contributed by atoms with Gasteiger partial charge in [-0.25, -0.2) is 9.88 Å². The molecule has 2 heterocycles. The number of hydrogen-bond donors (Lipinski definition) is 0. The van der Waals surface area contributed by atoms with Gasteiger partial charge in [-0.05, 0) is 66.6 Å². The van der Waals surface area contributed by atoms with Gasteiger partial charge in [0.05, 0.1) is 23.6 Å². The fourth-order valence-electron chi connectivity index (χ4n) is 4.66. The van der Waals surface area contributed by atoms with Crippen molar-refractivity contribution in [3.8, 4) is 11.8 Å². The summed E-state index contributed by atoms with van der Waals surface area (Å²) >= 11 is 1.22. The Labute approximate surface area is 202 Å². The molecule has 1 aliphatic heterocycles. The molecule has 0 radical (unpaired) electrons. The quantitative estimate of drug-likeness (QED) is 0.506. The first kappa shape index (κ1) is 22.2. The number of carbonyl (C=O) groups excluding carboxylic acids is 2. The van der Waals surface area contributed by atoms with E-state index >= 15 is 0 Å². The summed E-state index contributed by atoms with van der Waals surface area (Å²) in [5, 5.41) is 9.72. The summed E-state index contributed by atoms with van der Waals surface area (Å²) in [5.74, 6) is 0.524. The summed E-state index contributed by atoms with van der Waals surface area (Å²) in [6, 6.07) is 21.4. The van der Waals surface area contributed by atoms with Crippen LogP contribution in [0.4, 0.5) is 5.69 Å². The van der Waals surface area contributed by atoms with E-state index in [9.17, 15) is 14.9 Å². The van der Waals surface area contributed by atoms with Gasteiger partial charge in [-0.3, -0.25) is 9.59 Å². The van der Waals surface area contributed by atoms with Crippen LogP contribution in [-0.4, -0.2) is 29.2 Å². The van der Waals surface area contributed by atoms with Gasteiger partial charge in [-0.15, -0.1) is 0 Å². The lowest BCUT2D eigenvalue weighted by molar-refractivity contribution is -0.121. The molecular formula is C27H23N3O3S. The zero-order valence-corrected chi connectivity index (χ0v) is 19.5. The Morgan fingerprint density at radius 3 is 2.56 bits per heavy atom. The van der Waals surface area contributed by atoms with Gasteiger partial charge in [0.15, 0.2) is 0 Å². The average Bonchev–Trinajstić information content (AvgIpc) is 3.16. The summed E-state index contributed by atoms with van der Waals surface area (Å²) < 4.78 is 5.16. The minimum Gasteiger partial charge on any atom is -0.497 e. The Morgan fingerprint density at radius 2 is 1.85 bits per heavy atom. The molecule has 0 saturated carbocycles. The molecule has 6 nitrogen and oxygen atoms in total. The highest BCUT2D eigenvalue weighted by molar-refractivity contribution is 8.00. The van der Waals surface area contributed by atoms with E-state index in [-0.39, 0.29) is 18.2 Å². The molecule has 2 amide bonds. The maximum atomic E-state index is 13.1. The van der Waals surface area contributed by atoms with Crippen LogP contribution in [0.3, 0.4) is 0 Å². The highest BCUT2D eigenvalue weighted by atomic mass is 32.2. The molecule has 5 rings (SSSR count). The number of nitrogens with zero attached hydrogens (tertiary/aromatic N) is 3. The van der Waals surface area contributed by atoms with Crippen molar-refractivity contribution in [2.24, 2.45) is 0 Å². The van der Waals surface area contributed by atoms with Crippen LogP contribution in [0.25, 0.3) is 0 Å². The second-order valence-electron chi connectivity index (χ2n) is 8.49. The number of anilines is 1. The zero-order valence-electron chi connectivity index (χ0n) is 18.7. The lowest BCUT2D eigenvalue weighted by Gasteiger charge is -2.25. The molecule has 1 fully saturated rings. The van der Waals surface area contributed by atoms with E-state index in [2.05, 4.69) is 30.3 Å². The van der Waals surface area contributed by atoms with E-state index in [1.807, 2.05) is 12.1 Å². The summed E-state index contributed by atoms with van der Waals surface area (Å²) in [6.45, 7) is 0. The maximum absolute atomic E-state index is 13.1. The number of methoxy groups -OCH3 is 1. The molecule has 0 unspecified atom stereocenters. The fraction of sp³-hybridized carbons (Fsp3) is 0.259. The van der Waals surface area contributed by atoms with Crippen LogP contribution < -0.4 is 9.64 Å². The van der Waals surface area contributed by atoms with Crippen LogP contribution in [0, 0.1) is 11.3 Å². The van der Waals surface area contributed by atoms with Crippen molar-refractivity contribution in [2.45, 2.75) is 41.9 Å². The number of nitriles is 1. The molecule has 1 aromatic heterocycles. The van der Waals surface area contributed by atoms with Crippen molar-refractivity contribution >= 4 is 29.3 Å². The average molecular weight is 470 g/mol. The van der Waals surface area contributed by atoms with Crippen molar-refractivity contribution in [1.82, 2.24) is 4.98 Å². The predicted octanol–water partition coefficient (Wildman–Crippen LogP) is 4.66. The van der Waals surface area contributed by atoms with Crippen molar-refractivity contribution in [2.75, 3.05) is 12.0 Å². The van der Waals surface area contributed by atoms with Gasteiger partial charge in [0.2, 0.25) is 11.8 Å². The Hall–Kier alpha value is -3.63. The largest absolute Gasteiger partial charge is 0.497 e. The lowest BCUT2D eigenvalue weighted by atomic mass is 9.82. The topological polar surface area (TPSA) is 83.3 Å². The second-order valence-corrected chi connectivity index (χ2v) is 9.68. The van der Waals surface area contributed by atoms with Gasteiger partial charge in [0.1, 0.15) is 16.8 Å². The smallest absolute Gasteiger partial charge is 0.247 e. The number of hydrogen-bond acceptors (Lipinski definition) is 6. The van der Waals surface area contributed by atoms with Crippen molar-refractivity contribution in [3.05, 3.63) is 83.0 Å². The third-order valence-corrected chi connectivity index (χ3v) is 7.62. The van der Waals surface area contributed by atoms with Crippen LogP contribution >= 0.6 is 11.8 Å². The number of ether oxygens (including phenoxy) is 1. The van der Waals surface area contributed by atoms with Crippen molar-refractivity contribution in [1.29, 1.82) is 5.26 Å². The number of rotatable bonds is 5. The summed E-state index contributed by atoms with van der Waals surface area (Å²) in [6.07, 6.45) is 2.74. The first-order chi connectivity index (χ1) is 16.6. The number of benzene rings is 2. The Bertz CT molecular complexity index is 1280. The van der Waals surface area contributed by atoms with Crippen LogP contribution in [-0.2, 0) is 22.4 Å². The Morgan fingerprint density at radius 1 is 1.09 bits per heavy atom. The lowest BCUT2D eigenvalue weighted by Crippen LogP contribution is -2.31. The van der Waals surface area contributed by atoms with Gasteiger partial charge in [-0.1, -0.05) is 42.1 Å². The molecular weight excluding hydrogens is 446 g/mol. The molecule has 170 valence electrons. The number of pyridine rings is 1. The van der Waals surface area contributed by atoms with Gasteiger partial charge in [0.25, 0.3) is 0 Å². The zero-order chi connectivity index (χ0) is 23.7. The first-order valence-corrected chi connectivity index (χ1v) is 12.1. The third-order valence-electron chi connectivity index (χ3n) is 6.43. The Balaban J connectivity index is 1.36. The van der Waals surface area contributed by atoms with Crippen LogP contribution in [0.5, 0.6) is 5.75 Å². The first-order valence-electron chi connectivity index (χ1n) is 11.2. The molecule has 0 spiro atoms. The molecule has 0 N–H and O–H groups in total. The number of imide groups is 1. The minimum atomic E-state index is -0.604. The maximum Gasteiger partial charge on any atom is 0.247 e. The van der Waals surface area contributed by atoms with E-state index in [4.69, 9.17) is 9.72 Å². The van der Waals surface area contributed by atoms with Gasteiger partial charge in [-0.2, -0.15) is 5.26 Å². The number of fused-ring (bicyclic) bond motifs is 1. The van der Waals surface area contributed by atoms with E-state index < -0.39 is 5.25 Å². The molecule has 2 aromatic carbocycles. The summed E-state index contributed by atoms with van der Waals surface area (Å²) in [5.41, 5.74) is 4.36. The van der Waals surface area contributed by atoms with E-state index in [1.165, 1.54) is 22.2 Å². The van der Waals surface area contributed by atoms with Crippen molar-refractivity contribution < 1.29 is 14.3 Å². The highest BCUT2D eigenvalue weighted by Gasteiger charge is 2.41. The van der Waals surface area contributed by atoms with E-state index in [0.717, 1.165) is 30.5 Å². The molecule has 1 aliphatic carbocycles. The van der Waals surface area contributed by atoms with Crippen LogP contribution in [0.1, 0.15) is 41.1 Å². The monoisotopic (exact) mass is 469 g/mol. The van der Waals surface area contributed by atoms with E-state index in [0.29, 0.717) is 27.9 Å². The normalized spacial score (nSPS) is 19.6.